The molecule has 0 heterocycles. The third kappa shape index (κ3) is 6.51. The first-order chi connectivity index (χ1) is 13.3. The van der Waals surface area contributed by atoms with Crippen LogP contribution < -0.4 is 20.3 Å². The van der Waals surface area contributed by atoms with Crippen molar-refractivity contribution >= 4 is 33.6 Å². The SMILES string of the molecule is COc1ccc(S(=O)(=O)NCC(=O)NNC(=O)CSc2ccccc2F)cc1. The molecule has 0 bridgehead atoms. The second-order valence-electron chi connectivity index (χ2n) is 5.32. The van der Waals surface area contributed by atoms with Crippen LogP contribution in [0, 0.1) is 5.82 Å². The number of nitrogens with one attached hydrogen (secondary N) is 3. The van der Waals surface area contributed by atoms with E-state index in [-0.39, 0.29) is 10.6 Å². The number of halogens is 1. The number of hydrogen-bond acceptors (Lipinski definition) is 6. The number of hydrazine groups is 1. The average molecular weight is 427 g/mol. The number of amides is 2. The number of thioether (sulfide) groups is 1. The summed E-state index contributed by atoms with van der Waals surface area (Å²) in [5, 5.41) is 0. The van der Waals surface area contributed by atoms with Gasteiger partial charge in [0.25, 0.3) is 5.91 Å². The van der Waals surface area contributed by atoms with Crippen molar-refractivity contribution in [2.75, 3.05) is 19.4 Å². The Morgan fingerprint density at radius 3 is 2.32 bits per heavy atom. The molecular formula is C17H18FN3O5S2. The third-order valence-electron chi connectivity index (χ3n) is 3.33. The first-order valence-electron chi connectivity index (χ1n) is 7.90. The molecule has 0 saturated carbocycles. The number of carbonyl (C=O) groups is 2. The molecule has 0 unspecified atom stereocenters. The normalized spacial score (nSPS) is 10.9. The maximum Gasteiger partial charge on any atom is 0.253 e. The van der Waals surface area contributed by atoms with E-state index in [0.717, 1.165) is 11.8 Å². The van der Waals surface area contributed by atoms with Crippen LogP contribution in [0.3, 0.4) is 0 Å². The van der Waals surface area contributed by atoms with Gasteiger partial charge in [0.15, 0.2) is 0 Å². The minimum atomic E-state index is -3.89. The predicted molar refractivity (Wildman–Crippen MR) is 102 cm³/mol. The highest BCUT2D eigenvalue weighted by Crippen LogP contribution is 2.20. The van der Waals surface area contributed by atoms with Gasteiger partial charge in [-0.15, -0.1) is 11.8 Å². The largest absolute Gasteiger partial charge is 0.497 e. The van der Waals surface area contributed by atoms with E-state index in [0.29, 0.717) is 10.6 Å². The quantitative estimate of drug-likeness (QED) is 0.429. The molecule has 0 aliphatic rings. The first-order valence-corrected chi connectivity index (χ1v) is 10.4. The van der Waals surface area contributed by atoms with E-state index in [4.69, 9.17) is 4.74 Å². The Kier molecular flexibility index (Phi) is 7.79. The molecule has 2 rings (SSSR count). The fourth-order valence-corrected chi connectivity index (χ4v) is 3.65. The molecule has 0 saturated heterocycles. The van der Waals surface area contributed by atoms with E-state index in [9.17, 15) is 22.4 Å². The molecule has 28 heavy (non-hydrogen) atoms. The molecule has 0 aliphatic heterocycles. The Morgan fingerprint density at radius 2 is 1.68 bits per heavy atom. The number of ether oxygens (including phenoxy) is 1. The van der Waals surface area contributed by atoms with Gasteiger partial charge < -0.3 is 4.74 Å². The van der Waals surface area contributed by atoms with E-state index < -0.39 is 34.2 Å². The Balaban J connectivity index is 1.75. The standard InChI is InChI=1S/C17H18FN3O5S2/c1-26-12-6-8-13(9-7-12)28(24,25)19-10-16(22)20-21-17(23)11-27-15-5-3-2-4-14(15)18/h2-9,19H,10-11H2,1H3,(H,20,22)(H,21,23). The topological polar surface area (TPSA) is 114 Å². The van der Waals surface area contributed by atoms with E-state index in [1.807, 2.05) is 0 Å². The van der Waals surface area contributed by atoms with Crippen LogP contribution in [0.1, 0.15) is 0 Å². The lowest BCUT2D eigenvalue weighted by atomic mass is 10.3. The van der Waals surface area contributed by atoms with Gasteiger partial charge in [0, 0.05) is 4.90 Å². The van der Waals surface area contributed by atoms with Gasteiger partial charge in [0.05, 0.1) is 24.3 Å². The van der Waals surface area contributed by atoms with Gasteiger partial charge in [0.1, 0.15) is 11.6 Å². The van der Waals surface area contributed by atoms with Crippen molar-refractivity contribution in [3.63, 3.8) is 0 Å². The summed E-state index contributed by atoms with van der Waals surface area (Å²) in [6, 6.07) is 11.6. The van der Waals surface area contributed by atoms with Crippen molar-refractivity contribution in [3.8, 4) is 5.75 Å². The minimum absolute atomic E-state index is 0.0357. The maximum absolute atomic E-state index is 13.5. The van der Waals surface area contributed by atoms with E-state index >= 15 is 0 Å². The summed E-state index contributed by atoms with van der Waals surface area (Å²) in [6.07, 6.45) is 0. The van der Waals surface area contributed by atoms with Gasteiger partial charge in [-0.2, -0.15) is 0 Å². The zero-order chi connectivity index (χ0) is 20.6. The lowest BCUT2D eigenvalue weighted by molar-refractivity contribution is -0.126. The highest BCUT2D eigenvalue weighted by atomic mass is 32.2. The molecule has 11 heteroatoms. The van der Waals surface area contributed by atoms with Gasteiger partial charge >= 0.3 is 0 Å². The fourth-order valence-electron chi connectivity index (χ4n) is 1.92. The lowest BCUT2D eigenvalue weighted by Crippen LogP contribution is -2.46. The first kappa shape index (κ1) is 21.7. The lowest BCUT2D eigenvalue weighted by Gasteiger charge is -2.09. The van der Waals surface area contributed by atoms with E-state index in [1.165, 1.54) is 49.6 Å². The van der Waals surface area contributed by atoms with Crippen molar-refractivity contribution in [2.24, 2.45) is 0 Å². The van der Waals surface area contributed by atoms with Gasteiger partial charge in [0.2, 0.25) is 15.9 Å². The summed E-state index contributed by atoms with van der Waals surface area (Å²) in [5.74, 6) is -1.41. The molecule has 2 amide bonds. The second kappa shape index (κ2) is 10.1. The van der Waals surface area contributed by atoms with Gasteiger partial charge in [-0.3, -0.25) is 20.4 Å². The van der Waals surface area contributed by atoms with Crippen molar-refractivity contribution in [2.45, 2.75) is 9.79 Å². The van der Waals surface area contributed by atoms with Crippen LogP contribution in [-0.2, 0) is 19.6 Å². The molecule has 0 fully saturated rings. The molecule has 0 radical (unpaired) electrons. The highest BCUT2D eigenvalue weighted by Gasteiger charge is 2.16. The minimum Gasteiger partial charge on any atom is -0.497 e. The average Bonchev–Trinajstić information content (AvgIpc) is 2.70. The molecule has 0 atom stereocenters. The van der Waals surface area contributed by atoms with Crippen molar-refractivity contribution in [3.05, 3.63) is 54.3 Å². The summed E-state index contributed by atoms with van der Waals surface area (Å²) in [7, 11) is -2.44. The van der Waals surface area contributed by atoms with Gasteiger partial charge in [-0.05, 0) is 36.4 Å². The zero-order valence-corrected chi connectivity index (χ0v) is 16.4. The Morgan fingerprint density at radius 1 is 1.04 bits per heavy atom. The number of benzene rings is 2. The maximum atomic E-state index is 13.5. The van der Waals surface area contributed by atoms with Crippen LogP contribution in [0.4, 0.5) is 4.39 Å². The number of carbonyl (C=O) groups excluding carboxylic acids is 2. The van der Waals surface area contributed by atoms with Crippen molar-refractivity contribution in [1.29, 1.82) is 0 Å². The van der Waals surface area contributed by atoms with Crippen LogP contribution in [0.5, 0.6) is 5.75 Å². The van der Waals surface area contributed by atoms with E-state index in [1.54, 1.807) is 6.07 Å². The third-order valence-corrected chi connectivity index (χ3v) is 5.79. The smallest absolute Gasteiger partial charge is 0.253 e. The molecule has 8 nitrogen and oxygen atoms in total. The zero-order valence-electron chi connectivity index (χ0n) is 14.8. The highest BCUT2D eigenvalue weighted by molar-refractivity contribution is 8.00. The molecule has 2 aromatic carbocycles. The molecule has 3 N–H and O–H groups in total. The van der Waals surface area contributed by atoms with Crippen LogP contribution in [0.25, 0.3) is 0 Å². The summed E-state index contributed by atoms with van der Waals surface area (Å²) >= 11 is 0.965. The monoisotopic (exact) mass is 427 g/mol. The molecule has 150 valence electrons. The predicted octanol–water partition coefficient (Wildman–Crippen LogP) is 1.05. The molecule has 0 aromatic heterocycles. The van der Waals surface area contributed by atoms with Gasteiger partial charge in [-0.25, -0.2) is 17.5 Å². The summed E-state index contributed by atoms with van der Waals surface area (Å²) in [4.78, 5) is 23.7. The number of rotatable bonds is 8. The van der Waals surface area contributed by atoms with E-state index in [2.05, 4.69) is 15.6 Å². The van der Waals surface area contributed by atoms with Crippen LogP contribution in [-0.4, -0.2) is 39.6 Å². The summed E-state index contributed by atoms with van der Waals surface area (Å²) < 4.78 is 44.7. The molecule has 2 aromatic rings. The second-order valence-corrected chi connectivity index (χ2v) is 8.10. The number of hydrogen-bond donors (Lipinski definition) is 3. The van der Waals surface area contributed by atoms with Crippen LogP contribution in [0.2, 0.25) is 0 Å². The summed E-state index contributed by atoms with van der Waals surface area (Å²) in [6.45, 7) is -0.574. The Labute approximate surface area is 165 Å². The van der Waals surface area contributed by atoms with Crippen molar-refractivity contribution < 1.29 is 27.1 Å². The van der Waals surface area contributed by atoms with Crippen molar-refractivity contribution in [1.82, 2.24) is 15.6 Å². The van der Waals surface area contributed by atoms with Crippen LogP contribution in [0.15, 0.2) is 58.3 Å². The molecular weight excluding hydrogens is 409 g/mol. The molecule has 0 spiro atoms. The number of methoxy groups -OCH3 is 1. The summed E-state index contributed by atoms with van der Waals surface area (Å²) in [5.41, 5.74) is 4.21. The number of sulfonamides is 1. The Bertz CT molecular complexity index is 936. The van der Waals surface area contributed by atoms with Gasteiger partial charge in [-0.1, -0.05) is 12.1 Å². The van der Waals surface area contributed by atoms with Crippen LogP contribution >= 0.6 is 11.8 Å². The molecule has 0 aliphatic carbocycles. The fraction of sp³-hybridized carbons (Fsp3) is 0.176. The Hall–Kier alpha value is -2.63.